The summed E-state index contributed by atoms with van der Waals surface area (Å²) in [4.78, 5) is 39.3. The summed E-state index contributed by atoms with van der Waals surface area (Å²) in [6, 6.07) is 5.66. The van der Waals surface area contributed by atoms with Gasteiger partial charge in [-0.25, -0.2) is 0 Å². The Bertz CT molecular complexity index is 1560. The number of nitrogens with one attached hydrogen (secondary N) is 3. The lowest BCUT2D eigenvalue weighted by molar-refractivity contribution is -0.120. The number of aromatic nitrogens is 2. The van der Waals surface area contributed by atoms with Crippen LogP contribution in [0.25, 0.3) is 11.1 Å². The van der Waals surface area contributed by atoms with Gasteiger partial charge in [0.1, 0.15) is 17.7 Å². The first kappa shape index (κ1) is 31.7. The third-order valence-corrected chi connectivity index (χ3v) is 7.95. The summed E-state index contributed by atoms with van der Waals surface area (Å²) in [7, 11) is 6.19. The van der Waals surface area contributed by atoms with Crippen molar-refractivity contribution in [2.45, 2.75) is 52.3 Å². The van der Waals surface area contributed by atoms with E-state index in [1.807, 2.05) is 26.0 Å². The van der Waals surface area contributed by atoms with Gasteiger partial charge in [-0.1, -0.05) is 31.3 Å². The molecule has 0 bridgehead atoms. The molecule has 3 N–H and O–H groups in total. The largest absolute Gasteiger partial charge is 0.493 e. The number of anilines is 2. The fourth-order valence-electron chi connectivity index (χ4n) is 5.20. The van der Waals surface area contributed by atoms with Crippen molar-refractivity contribution in [2.24, 2.45) is 5.92 Å². The van der Waals surface area contributed by atoms with E-state index >= 15 is 0 Å². The summed E-state index contributed by atoms with van der Waals surface area (Å²) in [5, 5.41) is 17.9. The van der Waals surface area contributed by atoms with Crippen molar-refractivity contribution in [1.29, 1.82) is 0 Å². The maximum Gasteiger partial charge on any atom is 0.248 e. The molecule has 4 rings (SSSR count). The van der Waals surface area contributed by atoms with Crippen molar-refractivity contribution >= 4 is 34.0 Å². The monoisotopic (exact) mass is 611 g/mol. The molecule has 2 amide bonds. The number of aryl methyl sites for hydroxylation is 1. The Labute approximate surface area is 254 Å². The van der Waals surface area contributed by atoms with E-state index < -0.39 is 12.1 Å². The fraction of sp³-hybridized carbons (Fsp3) is 0.433. The molecule has 0 saturated carbocycles. The highest BCUT2D eigenvalue weighted by molar-refractivity contribution is 7.15. The lowest BCUT2D eigenvalue weighted by Crippen LogP contribution is -2.39. The molecular formula is C30H37N5O7S. The minimum absolute atomic E-state index is 0.182. The molecule has 0 spiro atoms. The predicted octanol–water partition coefficient (Wildman–Crippen LogP) is 3.94. The molecule has 13 heteroatoms. The minimum atomic E-state index is -0.762. The molecule has 0 unspecified atom stereocenters. The number of carbonyl (C=O) groups is 2. The minimum Gasteiger partial charge on any atom is -0.493 e. The van der Waals surface area contributed by atoms with Crippen LogP contribution in [0.5, 0.6) is 17.2 Å². The molecule has 1 heterocycles. The number of carbonyl (C=O) groups excluding carboxylic acids is 2. The predicted molar refractivity (Wildman–Crippen MR) is 164 cm³/mol. The zero-order valence-corrected chi connectivity index (χ0v) is 26.1. The third kappa shape index (κ3) is 6.89. The number of fused-ring (bicyclic) bond motifs is 3. The van der Waals surface area contributed by atoms with Gasteiger partial charge < -0.3 is 29.6 Å². The molecule has 2 atom stereocenters. The van der Waals surface area contributed by atoms with Gasteiger partial charge in [0.05, 0.1) is 33.1 Å². The Kier molecular flexibility index (Phi) is 10.2. The third-order valence-electron chi connectivity index (χ3n) is 7.14. The van der Waals surface area contributed by atoms with Gasteiger partial charge in [-0.3, -0.25) is 19.7 Å². The second kappa shape index (κ2) is 13.8. The van der Waals surface area contributed by atoms with Crippen LogP contribution in [0.1, 0.15) is 49.4 Å². The maximum atomic E-state index is 13.7. The standard InChI is InChI=1S/C30H37N5O7S/c1-15(2)26(29(38)33-30-35-34-24(43-30)14-39-4)32-21-11-9-18-19(13-22(21)37)20(31-16(3)36)10-8-17-12-23(40-5)27(41-6)28(42-7)25(17)18/h9,11-13,15,20,26H,8,10,14H2,1-7H3,(H,31,36)(H,32,37)(H,33,35,38)/t20-,26+/m0/s1. The summed E-state index contributed by atoms with van der Waals surface area (Å²) in [6.45, 7) is 5.49. The van der Waals surface area contributed by atoms with Crippen molar-refractivity contribution in [3.8, 4) is 28.4 Å². The number of benzene rings is 1. The number of hydrogen-bond acceptors (Lipinski definition) is 11. The Balaban J connectivity index is 1.81. The highest BCUT2D eigenvalue weighted by Crippen LogP contribution is 2.50. The van der Waals surface area contributed by atoms with Crippen LogP contribution in [-0.2, 0) is 27.4 Å². The maximum absolute atomic E-state index is 13.7. The van der Waals surface area contributed by atoms with E-state index in [0.717, 1.165) is 11.1 Å². The molecule has 230 valence electrons. The molecule has 0 aliphatic heterocycles. The molecule has 0 fully saturated rings. The summed E-state index contributed by atoms with van der Waals surface area (Å²) in [5.74, 6) is 0.630. The molecule has 0 radical (unpaired) electrons. The molecule has 1 aliphatic carbocycles. The van der Waals surface area contributed by atoms with E-state index in [1.165, 1.54) is 31.4 Å². The van der Waals surface area contributed by atoms with Crippen molar-refractivity contribution in [2.75, 3.05) is 39.1 Å². The second-order valence-corrected chi connectivity index (χ2v) is 11.4. The van der Waals surface area contributed by atoms with Crippen LogP contribution in [0.2, 0.25) is 0 Å². The van der Waals surface area contributed by atoms with Crippen LogP contribution in [0.15, 0.2) is 29.1 Å². The smallest absolute Gasteiger partial charge is 0.248 e. The summed E-state index contributed by atoms with van der Waals surface area (Å²) >= 11 is 1.21. The van der Waals surface area contributed by atoms with Crippen molar-refractivity contribution < 1.29 is 28.5 Å². The number of nitrogens with zero attached hydrogens (tertiary/aromatic N) is 2. The van der Waals surface area contributed by atoms with Gasteiger partial charge in [0.2, 0.25) is 28.1 Å². The Hall–Kier alpha value is -4.23. The number of methoxy groups -OCH3 is 4. The quantitative estimate of drug-likeness (QED) is 0.291. The van der Waals surface area contributed by atoms with Crippen LogP contribution in [0.4, 0.5) is 10.8 Å². The molecule has 43 heavy (non-hydrogen) atoms. The number of ether oxygens (including phenoxy) is 4. The molecule has 0 saturated heterocycles. The first-order chi connectivity index (χ1) is 20.6. The van der Waals surface area contributed by atoms with Gasteiger partial charge >= 0.3 is 0 Å². The number of hydrogen-bond donors (Lipinski definition) is 3. The lowest BCUT2D eigenvalue weighted by atomic mass is 9.95. The average Bonchev–Trinajstić information content (AvgIpc) is 3.27. The fourth-order valence-corrected chi connectivity index (χ4v) is 5.91. The van der Waals surface area contributed by atoms with Gasteiger partial charge in [0.25, 0.3) is 0 Å². The zero-order valence-electron chi connectivity index (χ0n) is 25.3. The normalized spacial score (nSPS) is 14.6. The Morgan fingerprint density at radius 2 is 1.79 bits per heavy atom. The van der Waals surface area contributed by atoms with Gasteiger partial charge in [-0.05, 0) is 53.6 Å². The van der Waals surface area contributed by atoms with Crippen molar-refractivity contribution in [3.63, 3.8) is 0 Å². The highest BCUT2D eigenvalue weighted by Gasteiger charge is 2.30. The van der Waals surface area contributed by atoms with E-state index in [1.54, 1.807) is 27.4 Å². The van der Waals surface area contributed by atoms with E-state index in [-0.39, 0.29) is 35.5 Å². The second-order valence-electron chi connectivity index (χ2n) is 10.4. The molecule has 1 aliphatic rings. The van der Waals surface area contributed by atoms with Crippen LogP contribution >= 0.6 is 11.3 Å². The zero-order chi connectivity index (χ0) is 31.3. The Morgan fingerprint density at radius 1 is 1.05 bits per heavy atom. The van der Waals surface area contributed by atoms with Crippen LogP contribution in [-0.4, -0.2) is 56.5 Å². The summed E-state index contributed by atoms with van der Waals surface area (Å²) in [6.07, 6.45) is 1.12. The average molecular weight is 612 g/mol. The van der Waals surface area contributed by atoms with E-state index in [0.29, 0.717) is 51.4 Å². The molecule has 1 aromatic heterocycles. The van der Waals surface area contributed by atoms with Gasteiger partial charge in [0.15, 0.2) is 11.5 Å². The topological polar surface area (TPSA) is 150 Å². The van der Waals surface area contributed by atoms with E-state index in [9.17, 15) is 14.4 Å². The molecule has 2 aromatic carbocycles. The van der Waals surface area contributed by atoms with Crippen LogP contribution < -0.4 is 35.6 Å². The highest BCUT2D eigenvalue weighted by atomic mass is 32.1. The van der Waals surface area contributed by atoms with Crippen LogP contribution in [0.3, 0.4) is 0 Å². The molecular weight excluding hydrogens is 574 g/mol. The summed E-state index contributed by atoms with van der Waals surface area (Å²) in [5.41, 5.74) is 2.87. The SMILES string of the molecule is COCc1nnc(NC(=O)[C@H](Nc2ccc3c(cc2=O)[C@@H](NC(C)=O)CCc2cc(OC)c(OC)c(OC)c2-3)C(C)C)s1. The van der Waals surface area contributed by atoms with Crippen molar-refractivity contribution in [3.05, 3.63) is 50.6 Å². The van der Waals surface area contributed by atoms with Crippen molar-refractivity contribution in [1.82, 2.24) is 15.5 Å². The first-order valence-corrected chi connectivity index (χ1v) is 14.6. The summed E-state index contributed by atoms with van der Waals surface area (Å²) < 4.78 is 22.2. The number of rotatable bonds is 11. The lowest BCUT2D eigenvalue weighted by Gasteiger charge is -2.21. The van der Waals surface area contributed by atoms with Crippen LogP contribution in [0, 0.1) is 5.92 Å². The first-order valence-electron chi connectivity index (χ1n) is 13.8. The van der Waals surface area contributed by atoms with Gasteiger partial charge in [-0.2, -0.15) is 0 Å². The van der Waals surface area contributed by atoms with Gasteiger partial charge in [0, 0.05) is 19.6 Å². The Morgan fingerprint density at radius 3 is 2.42 bits per heavy atom. The van der Waals surface area contributed by atoms with E-state index in [2.05, 4.69) is 26.1 Å². The van der Waals surface area contributed by atoms with Gasteiger partial charge in [-0.15, -0.1) is 10.2 Å². The molecule has 12 nitrogen and oxygen atoms in total. The van der Waals surface area contributed by atoms with E-state index in [4.69, 9.17) is 18.9 Å². The molecule has 3 aromatic rings. The number of amides is 2.